The van der Waals surface area contributed by atoms with Gasteiger partial charge in [-0.15, -0.1) is 0 Å². The van der Waals surface area contributed by atoms with Crippen LogP contribution in [0.4, 0.5) is 0 Å². The predicted octanol–water partition coefficient (Wildman–Crippen LogP) is 1.09. The van der Waals surface area contributed by atoms with Crippen LogP contribution in [0.15, 0.2) is 0 Å². The van der Waals surface area contributed by atoms with E-state index in [-0.39, 0.29) is 6.61 Å². The van der Waals surface area contributed by atoms with Crippen LogP contribution in [0.3, 0.4) is 0 Å². The molecule has 1 aliphatic carbocycles. The lowest BCUT2D eigenvalue weighted by Crippen LogP contribution is -2.47. The van der Waals surface area contributed by atoms with Crippen molar-refractivity contribution in [2.24, 2.45) is 0 Å². The van der Waals surface area contributed by atoms with Crippen molar-refractivity contribution < 1.29 is 15.0 Å². The van der Waals surface area contributed by atoms with E-state index in [1.807, 2.05) is 4.90 Å². The van der Waals surface area contributed by atoms with E-state index in [4.69, 9.17) is 10.2 Å². The maximum Gasteiger partial charge on any atom is 0.320 e. The fraction of sp³-hybridized carbons (Fsp3) is 0.909. The van der Waals surface area contributed by atoms with Gasteiger partial charge in [-0.1, -0.05) is 19.3 Å². The van der Waals surface area contributed by atoms with E-state index in [2.05, 4.69) is 0 Å². The normalized spacial score (nSPS) is 20.5. The zero-order valence-electron chi connectivity index (χ0n) is 9.35. The second kappa shape index (κ2) is 6.08. The quantitative estimate of drug-likeness (QED) is 0.720. The molecule has 0 spiro atoms. The lowest BCUT2D eigenvalue weighted by molar-refractivity contribution is -0.144. The van der Waals surface area contributed by atoms with Gasteiger partial charge >= 0.3 is 5.97 Å². The van der Waals surface area contributed by atoms with Gasteiger partial charge in [0.2, 0.25) is 0 Å². The molecule has 1 saturated carbocycles. The zero-order chi connectivity index (χ0) is 11.3. The summed E-state index contributed by atoms with van der Waals surface area (Å²) in [5.74, 6) is -0.797. The number of aliphatic carboxylic acids is 1. The van der Waals surface area contributed by atoms with E-state index in [0.29, 0.717) is 12.6 Å². The largest absolute Gasteiger partial charge is 0.480 e. The van der Waals surface area contributed by atoms with Crippen LogP contribution in [0.1, 0.15) is 39.0 Å². The van der Waals surface area contributed by atoms with Crippen molar-refractivity contribution in [3.05, 3.63) is 0 Å². The number of rotatable bonds is 5. The van der Waals surface area contributed by atoms with E-state index in [1.165, 1.54) is 19.3 Å². The summed E-state index contributed by atoms with van der Waals surface area (Å²) in [4.78, 5) is 12.9. The number of hydrogen-bond acceptors (Lipinski definition) is 3. The first-order valence-corrected chi connectivity index (χ1v) is 5.76. The molecule has 0 heterocycles. The molecule has 1 aliphatic rings. The van der Waals surface area contributed by atoms with Crippen LogP contribution in [0, 0.1) is 0 Å². The highest BCUT2D eigenvalue weighted by Gasteiger charge is 2.28. The Morgan fingerprint density at radius 1 is 1.40 bits per heavy atom. The predicted molar refractivity (Wildman–Crippen MR) is 57.8 cm³/mol. The Morgan fingerprint density at radius 3 is 2.47 bits per heavy atom. The third kappa shape index (κ3) is 3.47. The topological polar surface area (TPSA) is 60.8 Å². The number of aliphatic hydroxyl groups excluding tert-OH is 1. The number of carboxylic acid groups (broad SMARTS) is 1. The molecule has 0 radical (unpaired) electrons. The Bertz CT molecular complexity index is 202. The Labute approximate surface area is 90.9 Å². The highest BCUT2D eigenvalue weighted by atomic mass is 16.4. The summed E-state index contributed by atoms with van der Waals surface area (Å²) in [7, 11) is 0. The SMILES string of the molecule is CC(C(=O)O)N(CCO)C1CCCCC1. The molecule has 1 unspecified atom stereocenters. The molecular formula is C11H21NO3. The minimum atomic E-state index is -0.797. The summed E-state index contributed by atoms with van der Waals surface area (Å²) in [6, 6.07) is -0.141. The summed E-state index contributed by atoms with van der Waals surface area (Å²) in [5, 5.41) is 17.9. The molecule has 0 bridgehead atoms. The van der Waals surface area contributed by atoms with E-state index in [0.717, 1.165) is 12.8 Å². The van der Waals surface area contributed by atoms with Crippen molar-refractivity contribution in [3.8, 4) is 0 Å². The Hall–Kier alpha value is -0.610. The number of carbonyl (C=O) groups is 1. The average molecular weight is 215 g/mol. The third-order valence-electron chi connectivity index (χ3n) is 3.26. The fourth-order valence-electron chi connectivity index (χ4n) is 2.36. The van der Waals surface area contributed by atoms with Gasteiger partial charge in [0.1, 0.15) is 6.04 Å². The highest BCUT2D eigenvalue weighted by Crippen LogP contribution is 2.23. The average Bonchev–Trinajstić information content (AvgIpc) is 2.26. The van der Waals surface area contributed by atoms with Crippen molar-refractivity contribution in [1.82, 2.24) is 4.90 Å². The molecule has 0 amide bonds. The molecule has 1 atom stereocenters. The molecule has 1 fully saturated rings. The van der Waals surface area contributed by atoms with Crippen LogP contribution in [0.5, 0.6) is 0 Å². The Kier molecular flexibility index (Phi) is 5.05. The highest BCUT2D eigenvalue weighted by molar-refractivity contribution is 5.72. The lowest BCUT2D eigenvalue weighted by atomic mass is 9.93. The molecule has 0 aromatic rings. The van der Waals surface area contributed by atoms with Crippen LogP contribution >= 0.6 is 0 Å². The van der Waals surface area contributed by atoms with E-state index in [1.54, 1.807) is 6.92 Å². The van der Waals surface area contributed by atoms with Gasteiger partial charge in [-0.2, -0.15) is 0 Å². The number of aliphatic hydroxyl groups is 1. The first-order chi connectivity index (χ1) is 7.16. The van der Waals surface area contributed by atoms with E-state index < -0.39 is 12.0 Å². The number of hydrogen-bond donors (Lipinski definition) is 2. The molecule has 4 nitrogen and oxygen atoms in total. The maximum atomic E-state index is 10.9. The molecule has 88 valence electrons. The minimum absolute atomic E-state index is 0.0358. The first-order valence-electron chi connectivity index (χ1n) is 5.76. The number of nitrogens with zero attached hydrogens (tertiary/aromatic N) is 1. The molecule has 4 heteroatoms. The molecule has 1 rings (SSSR count). The smallest absolute Gasteiger partial charge is 0.320 e. The van der Waals surface area contributed by atoms with Gasteiger partial charge in [-0.3, -0.25) is 9.69 Å². The zero-order valence-corrected chi connectivity index (χ0v) is 9.35. The Balaban J connectivity index is 2.58. The van der Waals surface area contributed by atoms with Gasteiger partial charge < -0.3 is 10.2 Å². The maximum absolute atomic E-state index is 10.9. The molecular weight excluding hydrogens is 194 g/mol. The van der Waals surface area contributed by atoms with Crippen molar-refractivity contribution in [2.75, 3.05) is 13.2 Å². The monoisotopic (exact) mass is 215 g/mol. The molecule has 15 heavy (non-hydrogen) atoms. The van der Waals surface area contributed by atoms with Crippen molar-refractivity contribution in [3.63, 3.8) is 0 Å². The van der Waals surface area contributed by atoms with Crippen molar-refractivity contribution in [1.29, 1.82) is 0 Å². The van der Waals surface area contributed by atoms with E-state index >= 15 is 0 Å². The summed E-state index contributed by atoms with van der Waals surface area (Å²) >= 11 is 0. The summed E-state index contributed by atoms with van der Waals surface area (Å²) < 4.78 is 0. The second-order valence-electron chi connectivity index (χ2n) is 4.27. The van der Waals surface area contributed by atoms with Crippen molar-refractivity contribution >= 4 is 5.97 Å². The van der Waals surface area contributed by atoms with Gasteiger partial charge in [0.05, 0.1) is 6.61 Å². The molecule has 2 N–H and O–H groups in total. The standard InChI is InChI=1S/C11H21NO3/c1-9(11(14)15)12(7-8-13)10-5-3-2-4-6-10/h9-10,13H,2-8H2,1H3,(H,14,15). The lowest BCUT2D eigenvalue weighted by Gasteiger charge is -2.36. The van der Waals surface area contributed by atoms with Gasteiger partial charge in [0.15, 0.2) is 0 Å². The van der Waals surface area contributed by atoms with Crippen LogP contribution < -0.4 is 0 Å². The summed E-state index contributed by atoms with van der Waals surface area (Å²) in [6.07, 6.45) is 5.75. The number of carboxylic acids is 1. The van der Waals surface area contributed by atoms with Crippen molar-refractivity contribution in [2.45, 2.75) is 51.1 Å². The third-order valence-corrected chi connectivity index (χ3v) is 3.26. The van der Waals surface area contributed by atoms with Gasteiger partial charge in [0.25, 0.3) is 0 Å². The second-order valence-corrected chi connectivity index (χ2v) is 4.27. The summed E-state index contributed by atoms with van der Waals surface area (Å²) in [5.41, 5.74) is 0. The first kappa shape index (κ1) is 12.5. The Morgan fingerprint density at radius 2 is 2.00 bits per heavy atom. The van der Waals surface area contributed by atoms with E-state index in [9.17, 15) is 4.79 Å². The van der Waals surface area contributed by atoms with Gasteiger partial charge in [0, 0.05) is 12.6 Å². The van der Waals surface area contributed by atoms with Crippen LogP contribution in [-0.4, -0.2) is 46.3 Å². The van der Waals surface area contributed by atoms with Crippen LogP contribution in [0.25, 0.3) is 0 Å². The van der Waals surface area contributed by atoms with Crippen LogP contribution in [-0.2, 0) is 4.79 Å². The van der Waals surface area contributed by atoms with Crippen LogP contribution in [0.2, 0.25) is 0 Å². The molecule has 0 aliphatic heterocycles. The summed E-state index contributed by atoms with van der Waals surface area (Å²) in [6.45, 7) is 2.21. The van der Waals surface area contributed by atoms with Gasteiger partial charge in [-0.05, 0) is 19.8 Å². The molecule has 0 aromatic heterocycles. The minimum Gasteiger partial charge on any atom is -0.480 e. The molecule has 0 aromatic carbocycles. The molecule has 0 saturated heterocycles. The fourth-order valence-corrected chi connectivity index (χ4v) is 2.36. The van der Waals surface area contributed by atoms with Gasteiger partial charge in [-0.25, -0.2) is 0 Å².